The minimum absolute atomic E-state index is 0. The predicted molar refractivity (Wildman–Crippen MR) is 149 cm³/mol. The number of benzene rings is 1. The van der Waals surface area contributed by atoms with Crippen LogP contribution in [-0.2, 0) is 9.59 Å². The normalized spacial score (nSPS) is 23.4. The van der Waals surface area contributed by atoms with Gasteiger partial charge in [-0.1, -0.05) is 19.4 Å². The van der Waals surface area contributed by atoms with Crippen LogP contribution in [0.4, 0.5) is 0 Å². The van der Waals surface area contributed by atoms with Crippen molar-refractivity contribution in [2.24, 2.45) is 5.92 Å². The summed E-state index contributed by atoms with van der Waals surface area (Å²) in [6.07, 6.45) is 13.8. The van der Waals surface area contributed by atoms with Crippen LogP contribution in [0.5, 0.6) is 11.5 Å². The van der Waals surface area contributed by atoms with Crippen LogP contribution in [0.15, 0.2) is 24.3 Å². The molecule has 37 heavy (non-hydrogen) atoms. The number of ether oxygens (including phenoxy) is 2. The highest BCUT2D eigenvalue weighted by molar-refractivity contribution is 5.92. The zero-order valence-corrected chi connectivity index (χ0v) is 23.3. The third-order valence-electron chi connectivity index (χ3n) is 8.05. The number of rotatable bonds is 8. The lowest BCUT2D eigenvalue weighted by Gasteiger charge is -2.40. The van der Waals surface area contributed by atoms with Crippen molar-refractivity contribution < 1.29 is 19.1 Å². The molecule has 1 saturated carbocycles. The topological polar surface area (TPSA) is 71.1 Å². The van der Waals surface area contributed by atoms with Gasteiger partial charge in [-0.15, -0.1) is 12.4 Å². The Morgan fingerprint density at radius 3 is 2.35 bits per heavy atom. The summed E-state index contributed by atoms with van der Waals surface area (Å²) in [4.78, 5) is 29.6. The summed E-state index contributed by atoms with van der Waals surface area (Å²) in [5.41, 5.74) is 0.845. The second-order valence-electron chi connectivity index (χ2n) is 10.7. The molecule has 1 N–H and O–H groups in total. The van der Waals surface area contributed by atoms with Gasteiger partial charge in [-0.05, 0) is 94.1 Å². The summed E-state index contributed by atoms with van der Waals surface area (Å²) >= 11 is 0. The maximum absolute atomic E-state index is 12.8. The molecular formula is C29H44ClN3O4. The average Bonchev–Trinajstić information content (AvgIpc) is 2.92. The first-order valence-corrected chi connectivity index (χ1v) is 13.8. The minimum atomic E-state index is -0.0662. The van der Waals surface area contributed by atoms with Crippen molar-refractivity contribution in [3.63, 3.8) is 0 Å². The van der Waals surface area contributed by atoms with E-state index in [0.29, 0.717) is 17.5 Å². The molecule has 2 heterocycles. The van der Waals surface area contributed by atoms with E-state index in [2.05, 4.69) is 17.1 Å². The van der Waals surface area contributed by atoms with Gasteiger partial charge in [0.25, 0.3) is 5.91 Å². The highest BCUT2D eigenvalue weighted by Crippen LogP contribution is 2.29. The number of likely N-dealkylation sites (tertiary alicyclic amines) is 2. The van der Waals surface area contributed by atoms with Crippen molar-refractivity contribution in [1.29, 1.82) is 0 Å². The van der Waals surface area contributed by atoms with E-state index >= 15 is 0 Å². The van der Waals surface area contributed by atoms with Gasteiger partial charge < -0.3 is 24.6 Å². The van der Waals surface area contributed by atoms with Gasteiger partial charge in [0, 0.05) is 31.2 Å². The van der Waals surface area contributed by atoms with E-state index in [4.69, 9.17) is 9.47 Å². The molecule has 0 spiro atoms. The fourth-order valence-corrected chi connectivity index (χ4v) is 5.73. The number of amides is 2. The van der Waals surface area contributed by atoms with Gasteiger partial charge in [0.1, 0.15) is 0 Å². The van der Waals surface area contributed by atoms with Gasteiger partial charge >= 0.3 is 0 Å². The molecule has 1 aromatic rings. The second-order valence-corrected chi connectivity index (χ2v) is 10.7. The van der Waals surface area contributed by atoms with Crippen molar-refractivity contribution in [2.75, 3.05) is 39.9 Å². The van der Waals surface area contributed by atoms with Crippen LogP contribution in [-0.4, -0.2) is 73.6 Å². The van der Waals surface area contributed by atoms with Crippen LogP contribution >= 0.6 is 12.4 Å². The first kappa shape index (κ1) is 29.3. The fraction of sp³-hybridized carbons (Fsp3) is 0.655. The first-order valence-electron chi connectivity index (χ1n) is 13.8. The van der Waals surface area contributed by atoms with Gasteiger partial charge in [-0.25, -0.2) is 0 Å². The molecule has 1 aliphatic carbocycles. The average molecular weight is 534 g/mol. The SMILES string of the molecule is COc1cc(/C=C/C(=O)NC2CCC(C)CC2)ccc1OCC(=O)N1CCC(N2CCCCC2)CC1.Cl. The van der Waals surface area contributed by atoms with Crippen molar-refractivity contribution in [1.82, 2.24) is 15.1 Å². The summed E-state index contributed by atoms with van der Waals surface area (Å²) in [5, 5.41) is 3.11. The zero-order chi connectivity index (χ0) is 25.3. The van der Waals surface area contributed by atoms with Gasteiger partial charge in [0.2, 0.25) is 5.91 Å². The van der Waals surface area contributed by atoms with Crippen LogP contribution in [0.2, 0.25) is 0 Å². The van der Waals surface area contributed by atoms with Gasteiger partial charge in [0.15, 0.2) is 18.1 Å². The first-order chi connectivity index (χ1) is 17.5. The molecule has 3 aliphatic rings. The maximum atomic E-state index is 12.8. The van der Waals surface area contributed by atoms with Crippen LogP contribution in [0, 0.1) is 5.92 Å². The highest BCUT2D eigenvalue weighted by atomic mass is 35.5. The Morgan fingerprint density at radius 2 is 1.68 bits per heavy atom. The van der Waals surface area contributed by atoms with Gasteiger partial charge in [-0.3, -0.25) is 9.59 Å². The smallest absolute Gasteiger partial charge is 0.260 e. The Morgan fingerprint density at radius 1 is 0.973 bits per heavy atom. The number of halogens is 1. The summed E-state index contributed by atoms with van der Waals surface area (Å²) in [7, 11) is 1.58. The Bertz CT molecular complexity index is 902. The molecule has 0 aromatic heterocycles. The predicted octanol–water partition coefficient (Wildman–Crippen LogP) is 4.68. The van der Waals surface area contributed by atoms with E-state index in [0.717, 1.165) is 50.3 Å². The monoisotopic (exact) mass is 533 g/mol. The quantitative estimate of drug-likeness (QED) is 0.491. The van der Waals surface area contributed by atoms with Crippen molar-refractivity contribution in [2.45, 2.75) is 76.8 Å². The molecule has 0 atom stereocenters. The number of hydrogen-bond acceptors (Lipinski definition) is 5. The number of hydrogen-bond donors (Lipinski definition) is 1. The molecule has 2 aliphatic heterocycles. The number of carbonyl (C=O) groups excluding carboxylic acids is 2. The molecule has 0 bridgehead atoms. The lowest BCUT2D eigenvalue weighted by Crippen LogP contribution is -2.49. The Balaban J connectivity index is 0.00000380. The Kier molecular flexibility index (Phi) is 11.6. The third kappa shape index (κ3) is 8.64. The van der Waals surface area contributed by atoms with E-state index in [1.165, 1.54) is 45.2 Å². The molecule has 8 heteroatoms. The molecule has 3 fully saturated rings. The van der Waals surface area contributed by atoms with E-state index in [1.807, 2.05) is 17.0 Å². The molecule has 7 nitrogen and oxygen atoms in total. The lowest BCUT2D eigenvalue weighted by atomic mass is 9.87. The Hall–Kier alpha value is -2.25. The summed E-state index contributed by atoms with van der Waals surface area (Å²) in [5.74, 6) is 1.80. The molecule has 0 radical (unpaired) electrons. The molecule has 1 aromatic carbocycles. The van der Waals surface area contributed by atoms with Crippen molar-refractivity contribution in [3.05, 3.63) is 29.8 Å². The number of carbonyl (C=O) groups is 2. The molecule has 2 amide bonds. The maximum Gasteiger partial charge on any atom is 0.260 e. The van der Waals surface area contributed by atoms with E-state index in [-0.39, 0.29) is 36.9 Å². The summed E-state index contributed by atoms with van der Waals surface area (Å²) in [6, 6.07) is 6.39. The largest absolute Gasteiger partial charge is 0.493 e. The van der Waals surface area contributed by atoms with Crippen molar-refractivity contribution >= 4 is 30.3 Å². The molecule has 4 rings (SSSR count). The second kappa shape index (κ2) is 14.6. The van der Waals surface area contributed by atoms with Crippen LogP contribution in [0.25, 0.3) is 6.08 Å². The molecule has 2 saturated heterocycles. The van der Waals surface area contributed by atoms with Gasteiger partial charge in [-0.2, -0.15) is 0 Å². The Labute approximate surface area is 228 Å². The van der Waals surface area contributed by atoms with Crippen LogP contribution in [0.3, 0.4) is 0 Å². The summed E-state index contributed by atoms with van der Waals surface area (Å²) < 4.78 is 11.3. The van der Waals surface area contributed by atoms with E-state index in [9.17, 15) is 9.59 Å². The van der Waals surface area contributed by atoms with Crippen LogP contribution < -0.4 is 14.8 Å². The van der Waals surface area contributed by atoms with Crippen LogP contribution in [0.1, 0.15) is 70.3 Å². The van der Waals surface area contributed by atoms with Gasteiger partial charge in [0.05, 0.1) is 7.11 Å². The molecule has 206 valence electrons. The van der Waals surface area contributed by atoms with Crippen molar-refractivity contribution in [3.8, 4) is 11.5 Å². The lowest BCUT2D eigenvalue weighted by molar-refractivity contribution is -0.135. The number of methoxy groups -OCH3 is 1. The third-order valence-corrected chi connectivity index (χ3v) is 8.05. The number of nitrogens with one attached hydrogen (secondary N) is 1. The zero-order valence-electron chi connectivity index (χ0n) is 22.5. The standard InChI is InChI=1S/C29H43N3O4.ClH/c1-22-6-10-24(11-7-22)30-28(33)13-9-23-8-12-26(27(20-23)35-2)36-21-29(34)32-18-14-25(15-19-32)31-16-4-3-5-17-31;/h8-9,12-13,20,22,24-25H,3-7,10-11,14-19,21H2,1-2H3,(H,30,33);1H/b13-9+;. The number of piperidine rings is 2. The number of nitrogens with zero attached hydrogens (tertiary/aromatic N) is 2. The van der Waals surface area contributed by atoms with E-state index < -0.39 is 0 Å². The van der Waals surface area contributed by atoms with E-state index in [1.54, 1.807) is 25.3 Å². The summed E-state index contributed by atoms with van der Waals surface area (Å²) in [6.45, 7) is 6.28. The highest BCUT2D eigenvalue weighted by Gasteiger charge is 2.28. The fourth-order valence-electron chi connectivity index (χ4n) is 5.73. The molecular weight excluding hydrogens is 490 g/mol. The minimum Gasteiger partial charge on any atom is -0.493 e. The molecule has 0 unspecified atom stereocenters.